The molecule has 1 unspecified atom stereocenters. The Labute approximate surface area is 124 Å². The molecule has 2 aromatic rings. The molecule has 1 aromatic heterocycles. The van der Waals surface area contributed by atoms with Crippen LogP contribution in [0.15, 0.2) is 18.2 Å². The van der Waals surface area contributed by atoms with Crippen molar-refractivity contribution in [1.82, 2.24) is 9.55 Å². The summed E-state index contributed by atoms with van der Waals surface area (Å²) in [6, 6.07) is 6.29. The molecule has 1 heterocycles. The lowest BCUT2D eigenvalue weighted by molar-refractivity contribution is 0.154. The standard InChI is InChI=1S/C15H22N2O2S/c1-4-9-19-13-8-6-7-12-14(13)16-15(20)17(12)11(5-2)10-18-3/h6-8,11H,4-5,9-10H2,1-3H3,(H,16,20). The van der Waals surface area contributed by atoms with E-state index in [0.29, 0.717) is 13.2 Å². The molecule has 0 aliphatic rings. The average Bonchev–Trinajstić information content (AvgIpc) is 2.79. The number of hydrogen-bond acceptors (Lipinski definition) is 3. The molecule has 1 atom stereocenters. The Morgan fingerprint density at radius 1 is 1.35 bits per heavy atom. The molecule has 5 heteroatoms. The molecule has 2 rings (SSSR count). The minimum Gasteiger partial charge on any atom is -0.491 e. The Morgan fingerprint density at radius 3 is 2.80 bits per heavy atom. The number of rotatable bonds is 7. The van der Waals surface area contributed by atoms with Crippen LogP contribution in [-0.2, 0) is 4.74 Å². The van der Waals surface area contributed by atoms with Crippen molar-refractivity contribution < 1.29 is 9.47 Å². The number of aromatic nitrogens is 2. The van der Waals surface area contributed by atoms with Crippen molar-refractivity contribution in [2.24, 2.45) is 0 Å². The Bertz CT molecular complexity index is 618. The highest BCUT2D eigenvalue weighted by Gasteiger charge is 2.15. The van der Waals surface area contributed by atoms with E-state index in [-0.39, 0.29) is 6.04 Å². The van der Waals surface area contributed by atoms with Gasteiger partial charge in [0.1, 0.15) is 11.3 Å². The van der Waals surface area contributed by atoms with Gasteiger partial charge in [0.25, 0.3) is 0 Å². The van der Waals surface area contributed by atoms with Crippen LogP contribution in [-0.4, -0.2) is 29.9 Å². The number of benzene rings is 1. The third-order valence-corrected chi connectivity index (χ3v) is 3.67. The number of nitrogens with zero attached hydrogens (tertiary/aromatic N) is 1. The van der Waals surface area contributed by atoms with Gasteiger partial charge in [0.05, 0.1) is 24.8 Å². The predicted octanol–water partition coefficient (Wildman–Crippen LogP) is 4.09. The van der Waals surface area contributed by atoms with E-state index < -0.39 is 0 Å². The van der Waals surface area contributed by atoms with Gasteiger partial charge in [-0.3, -0.25) is 0 Å². The van der Waals surface area contributed by atoms with Crippen LogP contribution < -0.4 is 4.74 Å². The summed E-state index contributed by atoms with van der Waals surface area (Å²) in [6.45, 7) is 5.60. The molecule has 0 aliphatic heterocycles. The number of ether oxygens (including phenoxy) is 2. The number of methoxy groups -OCH3 is 1. The number of para-hydroxylation sites is 1. The summed E-state index contributed by atoms with van der Waals surface area (Å²) < 4.78 is 13.9. The largest absolute Gasteiger partial charge is 0.491 e. The van der Waals surface area contributed by atoms with E-state index in [1.807, 2.05) is 12.1 Å². The normalized spacial score (nSPS) is 12.8. The molecule has 0 spiro atoms. The molecule has 0 saturated carbocycles. The van der Waals surface area contributed by atoms with Crippen LogP contribution in [0.3, 0.4) is 0 Å². The molecular formula is C15H22N2O2S. The lowest BCUT2D eigenvalue weighted by Crippen LogP contribution is -2.13. The Morgan fingerprint density at radius 2 is 2.15 bits per heavy atom. The predicted molar refractivity (Wildman–Crippen MR) is 84.1 cm³/mol. The third-order valence-electron chi connectivity index (χ3n) is 3.37. The van der Waals surface area contributed by atoms with Crippen molar-refractivity contribution in [3.05, 3.63) is 23.0 Å². The summed E-state index contributed by atoms with van der Waals surface area (Å²) in [5.74, 6) is 0.862. The number of aromatic amines is 1. The number of hydrogen-bond donors (Lipinski definition) is 1. The van der Waals surface area contributed by atoms with Crippen molar-refractivity contribution >= 4 is 23.3 Å². The Balaban J connectivity index is 2.51. The summed E-state index contributed by atoms with van der Waals surface area (Å²) in [7, 11) is 1.72. The Hall–Kier alpha value is -1.33. The Kier molecular flexibility index (Phi) is 5.20. The first-order valence-corrected chi connectivity index (χ1v) is 7.48. The third kappa shape index (κ3) is 2.88. The van der Waals surface area contributed by atoms with Crippen LogP contribution in [0.5, 0.6) is 5.75 Å². The second kappa shape index (κ2) is 6.90. The van der Waals surface area contributed by atoms with Crippen LogP contribution in [0.4, 0.5) is 0 Å². The van der Waals surface area contributed by atoms with E-state index in [0.717, 1.165) is 34.4 Å². The molecule has 1 aromatic carbocycles. The van der Waals surface area contributed by atoms with Gasteiger partial charge in [-0.2, -0.15) is 0 Å². The van der Waals surface area contributed by atoms with E-state index in [1.54, 1.807) is 7.11 Å². The van der Waals surface area contributed by atoms with E-state index >= 15 is 0 Å². The van der Waals surface area contributed by atoms with E-state index in [9.17, 15) is 0 Å². The minimum absolute atomic E-state index is 0.239. The highest BCUT2D eigenvalue weighted by molar-refractivity contribution is 7.71. The number of H-pyrrole nitrogens is 1. The van der Waals surface area contributed by atoms with E-state index in [1.165, 1.54) is 0 Å². The fourth-order valence-corrected chi connectivity index (χ4v) is 2.73. The molecular weight excluding hydrogens is 272 g/mol. The zero-order valence-electron chi connectivity index (χ0n) is 12.3. The highest BCUT2D eigenvalue weighted by Crippen LogP contribution is 2.28. The molecule has 0 aliphatic carbocycles. The van der Waals surface area contributed by atoms with Crippen molar-refractivity contribution in [1.29, 1.82) is 0 Å². The van der Waals surface area contributed by atoms with Gasteiger partial charge in [-0.1, -0.05) is 19.9 Å². The smallest absolute Gasteiger partial charge is 0.178 e. The molecule has 0 radical (unpaired) electrons. The van der Waals surface area contributed by atoms with Crippen LogP contribution >= 0.6 is 12.2 Å². The fourth-order valence-electron chi connectivity index (χ4n) is 2.38. The number of fused-ring (bicyclic) bond motifs is 1. The maximum absolute atomic E-state index is 5.79. The van der Waals surface area contributed by atoms with E-state index in [2.05, 4.69) is 29.5 Å². The number of nitrogens with one attached hydrogen (secondary N) is 1. The van der Waals surface area contributed by atoms with Gasteiger partial charge >= 0.3 is 0 Å². The molecule has 0 bridgehead atoms. The lowest BCUT2D eigenvalue weighted by Gasteiger charge is -2.17. The first-order valence-electron chi connectivity index (χ1n) is 7.07. The van der Waals surface area contributed by atoms with Crippen molar-refractivity contribution in [3.8, 4) is 5.75 Å². The van der Waals surface area contributed by atoms with Gasteiger partial charge in [0.15, 0.2) is 4.77 Å². The van der Waals surface area contributed by atoms with Gasteiger partial charge in [0, 0.05) is 7.11 Å². The fraction of sp³-hybridized carbons (Fsp3) is 0.533. The minimum atomic E-state index is 0.239. The maximum atomic E-state index is 5.79. The summed E-state index contributed by atoms with van der Waals surface area (Å²) in [4.78, 5) is 3.27. The van der Waals surface area contributed by atoms with Gasteiger partial charge in [-0.25, -0.2) is 0 Å². The van der Waals surface area contributed by atoms with Crippen LogP contribution in [0.2, 0.25) is 0 Å². The summed E-state index contributed by atoms with van der Waals surface area (Å²) in [5, 5.41) is 0. The maximum Gasteiger partial charge on any atom is 0.178 e. The molecule has 0 amide bonds. The van der Waals surface area contributed by atoms with Crippen molar-refractivity contribution in [3.63, 3.8) is 0 Å². The molecule has 0 fully saturated rings. The quantitative estimate of drug-likeness (QED) is 0.782. The molecule has 110 valence electrons. The summed E-state index contributed by atoms with van der Waals surface area (Å²) >= 11 is 5.48. The van der Waals surface area contributed by atoms with Gasteiger partial charge in [0.2, 0.25) is 0 Å². The lowest BCUT2D eigenvalue weighted by atomic mass is 10.2. The van der Waals surface area contributed by atoms with Crippen LogP contribution in [0.1, 0.15) is 32.7 Å². The number of imidazole rings is 1. The molecule has 4 nitrogen and oxygen atoms in total. The zero-order chi connectivity index (χ0) is 14.5. The summed E-state index contributed by atoms with van der Waals surface area (Å²) in [5.41, 5.74) is 2.05. The van der Waals surface area contributed by atoms with Gasteiger partial charge < -0.3 is 19.0 Å². The first kappa shape index (κ1) is 15.1. The van der Waals surface area contributed by atoms with Crippen molar-refractivity contribution in [2.75, 3.05) is 20.3 Å². The monoisotopic (exact) mass is 294 g/mol. The van der Waals surface area contributed by atoms with E-state index in [4.69, 9.17) is 21.7 Å². The van der Waals surface area contributed by atoms with Gasteiger partial charge in [-0.05, 0) is 37.2 Å². The van der Waals surface area contributed by atoms with Crippen molar-refractivity contribution in [2.45, 2.75) is 32.7 Å². The highest BCUT2D eigenvalue weighted by atomic mass is 32.1. The van der Waals surface area contributed by atoms with Gasteiger partial charge in [-0.15, -0.1) is 0 Å². The first-order chi connectivity index (χ1) is 9.72. The zero-order valence-corrected chi connectivity index (χ0v) is 13.1. The molecule has 20 heavy (non-hydrogen) atoms. The van der Waals surface area contributed by atoms with Crippen LogP contribution in [0, 0.1) is 4.77 Å². The SMILES string of the molecule is CCCOc1cccc2c1[nH]c(=S)n2C(CC)COC. The van der Waals surface area contributed by atoms with Crippen LogP contribution in [0.25, 0.3) is 11.0 Å². The molecule has 1 N–H and O–H groups in total. The second-order valence-corrected chi connectivity index (χ2v) is 5.20. The summed E-state index contributed by atoms with van der Waals surface area (Å²) in [6.07, 6.45) is 1.95. The second-order valence-electron chi connectivity index (χ2n) is 4.82. The topological polar surface area (TPSA) is 39.2 Å². The molecule has 0 saturated heterocycles. The average molecular weight is 294 g/mol.